The van der Waals surface area contributed by atoms with Gasteiger partial charge in [0.2, 0.25) is 5.91 Å². The Hall–Kier alpha value is -1.40. The lowest BCUT2D eigenvalue weighted by Gasteiger charge is -2.22. The largest absolute Gasteiger partial charge is 0.466 e. The quantitative estimate of drug-likeness (QED) is 0.0320. The van der Waals surface area contributed by atoms with Crippen LogP contribution in [0.2, 0.25) is 0 Å². The second-order valence-corrected chi connectivity index (χ2v) is 27.4. The first-order chi connectivity index (χ1) is 42.0. The van der Waals surface area contributed by atoms with Gasteiger partial charge in [-0.3, -0.25) is 9.59 Å². The Bertz CT molecular complexity index is 1290. The highest BCUT2D eigenvalue weighted by molar-refractivity contribution is 5.76. The van der Waals surface area contributed by atoms with Gasteiger partial charge in [0.25, 0.3) is 0 Å². The molecule has 0 bridgehead atoms. The number of amides is 1. The van der Waals surface area contributed by atoms with Crippen molar-refractivity contribution >= 4 is 11.9 Å². The number of ether oxygens (including phenoxy) is 1. The Labute approximate surface area is 533 Å². The van der Waals surface area contributed by atoms with Gasteiger partial charge in [0.1, 0.15) is 0 Å². The summed E-state index contributed by atoms with van der Waals surface area (Å²) in [6, 6.07) is -0.539. The molecule has 0 radical (unpaired) electrons. The van der Waals surface area contributed by atoms with Gasteiger partial charge in [-0.05, 0) is 51.4 Å². The highest BCUT2D eigenvalue weighted by atomic mass is 16.5. The van der Waals surface area contributed by atoms with Crippen LogP contribution >= 0.6 is 0 Å². The van der Waals surface area contributed by atoms with E-state index < -0.39 is 12.1 Å². The van der Waals surface area contributed by atoms with Crippen LogP contribution in [0.3, 0.4) is 0 Å². The number of hydrogen-bond donors (Lipinski definition) is 3. The van der Waals surface area contributed by atoms with E-state index in [1.807, 2.05) is 0 Å². The molecular formula is C79H155NO5. The number of carbonyl (C=O) groups is 2. The van der Waals surface area contributed by atoms with E-state index in [4.69, 9.17) is 4.74 Å². The summed E-state index contributed by atoms with van der Waals surface area (Å²) in [5.74, 6) is -0.0109. The van der Waals surface area contributed by atoms with E-state index >= 15 is 0 Å². The SMILES string of the molecule is CCCCCCCC/C=C\CCCCCCCC(=O)OCCCCCCCCCCCCCCCCCCCCCCCCCCCCCCCCCC(=O)NC(CO)C(O)CCCCCCCCCCCCCCCCCCCCCCCC. The third-order valence-corrected chi connectivity index (χ3v) is 18.8. The highest BCUT2D eigenvalue weighted by Crippen LogP contribution is 2.20. The molecule has 506 valence electrons. The molecule has 2 unspecified atom stereocenters. The van der Waals surface area contributed by atoms with Crippen molar-refractivity contribution in [1.29, 1.82) is 0 Å². The summed E-state index contributed by atoms with van der Waals surface area (Å²) in [5.41, 5.74) is 0. The van der Waals surface area contributed by atoms with E-state index in [2.05, 4.69) is 31.3 Å². The monoisotopic (exact) mass is 1200 g/mol. The summed E-state index contributed by atoms with van der Waals surface area (Å²) in [4.78, 5) is 24.7. The predicted octanol–water partition coefficient (Wildman–Crippen LogP) is 25.9. The lowest BCUT2D eigenvalue weighted by atomic mass is 10.0. The van der Waals surface area contributed by atoms with Crippen LogP contribution in [-0.4, -0.2) is 47.4 Å². The molecule has 0 aromatic heterocycles. The number of nitrogens with one attached hydrogen (secondary N) is 1. The van der Waals surface area contributed by atoms with Crippen molar-refractivity contribution in [1.82, 2.24) is 5.32 Å². The van der Waals surface area contributed by atoms with Gasteiger partial charge in [0.15, 0.2) is 0 Å². The second-order valence-electron chi connectivity index (χ2n) is 27.4. The molecule has 0 aliphatic heterocycles. The molecule has 6 heteroatoms. The molecule has 0 saturated heterocycles. The lowest BCUT2D eigenvalue weighted by molar-refractivity contribution is -0.143. The van der Waals surface area contributed by atoms with Crippen LogP contribution in [0.25, 0.3) is 0 Å². The Kier molecular flexibility index (Phi) is 73.8. The van der Waals surface area contributed by atoms with Gasteiger partial charge in [-0.15, -0.1) is 0 Å². The number of carbonyl (C=O) groups excluding carboxylic acids is 2. The number of aliphatic hydroxyl groups is 2. The molecule has 0 aromatic carbocycles. The zero-order valence-electron chi connectivity index (χ0n) is 58.1. The maximum Gasteiger partial charge on any atom is 0.305 e. The molecule has 0 aliphatic carbocycles. The van der Waals surface area contributed by atoms with E-state index in [0.717, 1.165) is 44.9 Å². The van der Waals surface area contributed by atoms with Crippen LogP contribution in [0, 0.1) is 0 Å². The summed E-state index contributed by atoms with van der Waals surface area (Å²) in [5, 5.41) is 23.5. The minimum Gasteiger partial charge on any atom is -0.466 e. The lowest BCUT2D eigenvalue weighted by Crippen LogP contribution is -2.45. The number of rotatable bonds is 75. The predicted molar refractivity (Wildman–Crippen MR) is 375 cm³/mol. The first kappa shape index (κ1) is 83.6. The fourth-order valence-electron chi connectivity index (χ4n) is 12.8. The zero-order valence-corrected chi connectivity index (χ0v) is 58.1. The van der Waals surface area contributed by atoms with Gasteiger partial charge in [0.05, 0.1) is 25.4 Å². The van der Waals surface area contributed by atoms with Gasteiger partial charge in [-0.2, -0.15) is 0 Å². The summed E-state index contributed by atoms with van der Waals surface area (Å²) in [6.07, 6.45) is 94.4. The molecule has 0 heterocycles. The standard InChI is InChI=1S/C79H155NO5/c1-3-5-7-9-11-13-15-17-19-20-21-22-34-37-40-44-47-51-55-59-63-67-71-77(82)76(75-81)80-78(83)72-68-64-60-56-52-48-45-41-38-35-32-30-28-26-24-23-25-27-29-31-33-36-39-42-46-50-54-58-62-66-70-74-85-79(84)73-69-65-61-57-53-49-43-18-16-14-12-10-8-6-4-2/h18,43,76-77,81-82H,3-17,19-42,44-75H2,1-2H3,(H,80,83)/b43-18-. The third kappa shape index (κ3) is 71.6. The van der Waals surface area contributed by atoms with E-state index in [1.165, 1.54) is 379 Å². The first-order valence-electron chi connectivity index (χ1n) is 39.4. The average Bonchev–Trinajstić information content (AvgIpc) is 3.51. The van der Waals surface area contributed by atoms with Crippen LogP contribution in [0.1, 0.15) is 457 Å². The second kappa shape index (κ2) is 75.1. The van der Waals surface area contributed by atoms with E-state index in [0.29, 0.717) is 25.9 Å². The van der Waals surface area contributed by atoms with Gasteiger partial charge in [-0.1, -0.05) is 405 Å². The van der Waals surface area contributed by atoms with Crippen molar-refractivity contribution < 1.29 is 24.5 Å². The molecular weight excluding hydrogens is 1040 g/mol. The van der Waals surface area contributed by atoms with Gasteiger partial charge in [0, 0.05) is 12.8 Å². The van der Waals surface area contributed by atoms with Crippen LogP contribution in [0.15, 0.2) is 12.2 Å². The highest BCUT2D eigenvalue weighted by Gasteiger charge is 2.20. The molecule has 0 fully saturated rings. The minimum absolute atomic E-state index is 0.0140. The number of allylic oxidation sites excluding steroid dienone is 2. The van der Waals surface area contributed by atoms with Gasteiger partial charge in [-0.25, -0.2) is 0 Å². The Morgan fingerprint density at radius 3 is 0.835 bits per heavy atom. The van der Waals surface area contributed by atoms with Gasteiger partial charge >= 0.3 is 5.97 Å². The number of esters is 1. The van der Waals surface area contributed by atoms with E-state index in [-0.39, 0.29) is 18.5 Å². The van der Waals surface area contributed by atoms with Crippen molar-refractivity contribution in [3.8, 4) is 0 Å². The minimum atomic E-state index is -0.662. The first-order valence-corrected chi connectivity index (χ1v) is 39.4. The molecule has 0 aliphatic rings. The number of aliphatic hydroxyl groups excluding tert-OH is 2. The number of hydrogen-bond acceptors (Lipinski definition) is 5. The molecule has 0 spiro atoms. The molecule has 2 atom stereocenters. The third-order valence-electron chi connectivity index (χ3n) is 18.8. The molecule has 0 saturated carbocycles. The Balaban J connectivity index is 3.33. The molecule has 0 aromatic rings. The average molecular weight is 1200 g/mol. The van der Waals surface area contributed by atoms with Gasteiger partial charge < -0.3 is 20.3 Å². The van der Waals surface area contributed by atoms with Crippen LogP contribution in [0.5, 0.6) is 0 Å². The van der Waals surface area contributed by atoms with Crippen molar-refractivity contribution in [3.63, 3.8) is 0 Å². The smallest absolute Gasteiger partial charge is 0.305 e. The normalized spacial score (nSPS) is 12.5. The fraction of sp³-hybridized carbons (Fsp3) is 0.949. The zero-order chi connectivity index (χ0) is 61.3. The van der Waals surface area contributed by atoms with Crippen LogP contribution < -0.4 is 5.32 Å². The Morgan fingerprint density at radius 1 is 0.318 bits per heavy atom. The topological polar surface area (TPSA) is 95.9 Å². The Morgan fingerprint density at radius 2 is 0.553 bits per heavy atom. The van der Waals surface area contributed by atoms with Crippen molar-refractivity contribution in [2.45, 2.75) is 469 Å². The molecule has 1 amide bonds. The fourth-order valence-corrected chi connectivity index (χ4v) is 12.8. The maximum absolute atomic E-state index is 12.6. The summed E-state index contributed by atoms with van der Waals surface area (Å²) in [7, 11) is 0. The van der Waals surface area contributed by atoms with Crippen molar-refractivity contribution in [2.75, 3.05) is 13.2 Å². The van der Waals surface area contributed by atoms with Crippen LogP contribution in [-0.2, 0) is 14.3 Å². The molecule has 3 N–H and O–H groups in total. The maximum atomic E-state index is 12.6. The van der Waals surface area contributed by atoms with Crippen LogP contribution in [0.4, 0.5) is 0 Å². The van der Waals surface area contributed by atoms with E-state index in [9.17, 15) is 19.8 Å². The summed E-state index contributed by atoms with van der Waals surface area (Å²) < 4.78 is 5.50. The van der Waals surface area contributed by atoms with Crippen molar-refractivity contribution in [2.24, 2.45) is 0 Å². The number of unbranched alkanes of at least 4 members (excludes halogenated alkanes) is 62. The molecule has 0 rings (SSSR count). The van der Waals surface area contributed by atoms with E-state index in [1.54, 1.807) is 0 Å². The summed E-state index contributed by atoms with van der Waals surface area (Å²) in [6.45, 7) is 5.00. The molecule has 85 heavy (non-hydrogen) atoms. The molecule has 6 nitrogen and oxygen atoms in total. The summed E-state index contributed by atoms with van der Waals surface area (Å²) >= 11 is 0. The van der Waals surface area contributed by atoms with Crippen molar-refractivity contribution in [3.05, 3.63) is 12.2 Å².